The average molecular weight is 328 g/mol. The summed E-state index contributed by atoms with van der Waals surface area (Å²) in [6.45, 7) is 1.92. The summed E-state index contributed by atoms with van der Waals surface area (Å²) in [7, 11) is 1.63. The quantitative estimate of drug-likeness (QED) is 0.934. The van der Waals surface area contributed by atoms with Gasteiger partial charge in [-0.3, -0.25) is 0 Å². The van der Waals surface area contributed by atoms with Gasteiger partial charge in [-0.2, -0.15) is 0 Å². The Kier molecular flexibility index (Phi) is 4.37. The molecule has 5 heteroatoms. The van der Waals surface area contributed by atoms with Crippen molar-refractivity contribution in [1.29, 1.82) is 0 Å². The van der Waals surface area contributed by atoms with Gasteiger partial charge in [-0.25, -0.2) is 4.98 Å². The van der Waals surface area contributed by atoms with Gasteiger partial charge in [0.15, 0.2) is 0 Å². The molecule has 0 saturated heterocycles. The van der Waals surface area contributed by atoms with E-state index in [0.717, 1.165) is 26.5 Å². The molecule has 1 heterocycles. The van der Waals surface area contributed by atoms with Gasteiger partial charge < -0.3 is 9.84 Å². The van der Waals surface area contributed by atoms with Crippen molar-refractivity contribution < 1.29 is 9.84 Å². The molecule has 3 nitrogen and oxygen atoms in total. The second-order valence-electron chi connectivity index (χ2n) is 4.00. The summed E-state index contributed by atoms with van der Waals surface area (Å²) in [5.74, 6) is 0.788. The van der Waals surface area contributed by atoms with Gasteiger partial charge in [-0.15, -0.1) is 11.3 Å². The maximum atomic E-state index is 10.2. The highest BCUT2D eigenvalue weighted by atomic mass is 79.9. The minimum Gasteiger partial charge on any atom is -0.497 e. The predicted octanol–water partition coefficient (Wildman–Crippen LogP) is 3.50. The standard InChI is InChI=1S/C13H14BrNO2S/c1-8-7-18-13(15-8)12(16)6-9-5-10(17-2)3-4-11(9)14/h3-5,7,12,16H,6H2,1-2H3. The summed E-state index contributed by atoms with van der Waals surface area (Å²) >= 11 is 4.97. The van der Waals surface area contributed by atoms with E-state index in [4.69, 9.17) is 4.74 Å². The Morgan fingerprint density at radius 3 is 2.89 bits per heavy atom. The molecule has 96 valence electrons. The number of methoxy groups -OCH3 is 1. The third kappa shape index (κ3) is 3.10. The number of nitrogens with zero attached hydrogens (tertiary/aromatic N) is 1. The highest BCUT2D eigenvalue weighted by Gasteiger charge is 2.14. The van der Waals surface area contributed by atoms with Crippen LogP contribution in [0.15, 0.2) is 28.1 Å². The number of benzene rings is 1. The number of hydrogen-bond acceptors (Lipinski definition) is 4. The van der Waals surface area contributed by atoms with Gasteiger partial charge in [0.2, 0.25) is 0 Å². The van der Waals surface area contributed by atoms with Gasteiger partial charge in [0.25, 0.3) is 0 Å². The third-order valence-corrected chi connectivity index (χ3v) is 4.43. The summed E-state index contributed by atoms with van der Waals surface area (Å²) in [5, 5.41) is 12.9. The van der Waals surface area contributed by atoms with E-state index >= 15 is 0 Å². The zero-order chi connectivity index (χ0) is 13.1. The van der Waals surface area contributed by atoms with Gasteiger partial charge in [-0.1, -0.05) is 15.9 Å². The molecule has 1 atom stereocenters. The molecule has 2 aromatic rings. The summed E-state index contributed by atoms with van der Waals surface area (Å²) in [6.07, 6.45) is -0.0582. The monoisotopic (exact) mass is 327 g/mol. The molecule has 0 radical (unpaired) electrons. The Morgan fingerprint density at radius 2 is 2.28 bits per heavy atom. The van der Waals surface area contributed by atoms with Crippen LogP contribution < -0.4 is 4.74 Å². The SMILES string of the molecule is COc1ccc(Br)c(CC(O)c2nc(C)cs2)c1. The number of ether oxygens (including phenoxy) is 1. The fourth-order valence-corrected chi connectivity index (χ4v) is 2.84. The maximum absolute atomic E-state index is 10.2. The van der Waals surface area contributed by atoms with Gasteiger partial charge in [0.05, 0.1) is 7.11 Å². The molecule has 1 aromatic carbocycles. The molecule has 2 rings (SSSR count). The first-order valence-electron chi connectivity index (χ1n) is 5.52. The van der Waals surface area contributed by atoms with Crippen molar-refractivity contribution in [2.75, 3.05) is 7.11 Å². The number of halogens is 1. The smallest absolute Gasteiger partial charge is 0.122 e. The Labute approximate surface area is 119 Å². The lowest BCUT2D eigenvalue weighted by Gasteiger charge is -2.10. The maximum Gasteiger partial charge on any atom is 0.122 e. The number of aryl methyl sites for hydroxylation is 1. The van der Waals surface area contributed by atoms with Gasteiger partial charge in [-0.05, 0) is 30.7 Å². The number of rotatable bonds is 4. The first-order valence-corrected chi connectivity index (χ1v) is 7.20. The van der Waals surface area contributed by atoms with E-state index in [0.29, 0.717) is 6.42 Å². The number of thiazole rings is 1. The number of aliphatic hydroxyl groups is 1. The zero-order valence-electron chi connectivity index (χ0n) is 10.2. The Balaban J connectivity index is 2.18. The molecule has 0 bridgehead atoms. The van der Waals surface area contributed by atoms with Crippen LogP contribution in [0.5, 0.6) is 5.75 Å². The molecule has 1 N–H and O–H groups in total. The molecule has 0 saturated carbocycles. The molecule has 1 unspecified atom stereocenters. The molecule has 0 spiro atoms. The lowest BCUT2D eigenvalue weighted by Crippen LogP contribution is -2.02. The summed E-state index contributed by atoms with van der Waals surface area (Å²) in [5.41, 5.74) is 1.95. The van der Waals surface area contributed by atoms with Crippen LogP contribution in [-0.2, 0) is 6.42 Å². The zero-order valence-corrected chi connectivity index (χ0v) is 12.6. The van der Waals surface area contributed by atoms with Crippen molar-refractivity contribution >= 4 is 27.3 Å². The van der Waals surface area contributed by atoms with Crippen LogP contribution in [0.3, 0.4) is 0 Å². The van der Waals surface area contributed by atoms with Crippen molar-refractivity contribution in [3.05, 3.63) is 44.3 Å². The predicted molar refractivity (Wildman–Crippen MR) is 76.2 cm³/mol. The van der Waals surface area contributed by atoms with Crippen LogP contribution >= 0.6 is 27.3 Å². The largest absolute Gasteiger partial charge is 0.497 e. The molecule has 0 aliphatic heterocycles. The van der Waals surface area contributed by atoms with Crippen LogP contribution in [0.1, 0.15) is 22.4 Å². The Hall–Kier alpha value is -0.910. The van der Waals surface area contributed by atoms with Crippen molar-refractivity contribution in [2.24, 2.45) is 0 Å². The Bertz CT molecular complexity index is 542. The average Bonchev–Trinajstić information content (AvgIpc) is 2.79. The summed E-state index contributed by atoms with van der Waals surface area (Å²) in [6, 6.07) is 5.73. The van der Waals surface area contributed by atoms with E-state index < -0.39 is 6.10 Å². The molecule has 0 aliphatic rings. The second-order valence-corrected chi connectivity index (χ2v) is 5.75. The number of aliphatic hydroxyl groups excluding tert-OH is 1. The lowest BCUT2D eigenvalue weighted by molar-refractivity contribution is 0.177. The van der Waals surface area contributed by atoms with Crippen LogP contribution in [0.4, 0.5) is 0 Å². The van der Waals surface area contributed by atoms with Gasteiger partial charge >= 0.3 is 0 Å². The fraction of sp³-hybridized carbons (Fsp3) is 0.308. The number of aromatic nitrogens is 1. The van der Waals surface area contributed by atoms with Crippen LogP contribution in [0, 0.1) is 6.92 Å². The molecular weight excluding hydrogens is 314 g/mol. The molecule has 18 heavy (non-hydrogen) atoms. The van der Waals surface area contributed by atoms with Crippen molar-refractivity contribution in [1.82, 2.24) is 4.98 Å². The highest BCUT2D eigenvalue weighted by molar-refractivity contribution is 9.10. The van der Waals surface area contributed by atoms with E-state index in [9.17, 15) is 5.11 Å². The normalized spacial score (nSPS) is 12.4. The topological polar surface area (TPSA) is 42.4 Å². The second kappa shape index (κ2) is 5.82. The number of hydrogen-bond donors (Lipinski definition) is 1. The van der Waals surface area contributed by atoms with E-state index in [1.165, 1.54) is 11.3 Å². The van der Waals surface area contributed by atoms with Crippen LogP contribution in [-0.4, -0.2) is 17.2 Å². The van der Waals surface area contributed by atoms with Gasteiger partial charge in [0.1, 0.15) is 16.9 Å². The van der Waals surface area contributed by atoms with E-state index in [-0.39, 0.29) is 0 Å². The molecular formula is C13H14BrNO2S. The van der Waals surface area contributed by atoms with E-state index in [1.54, 1.807) is 7.11 Å². The molecule has 0 aliphatic carbocycles. The lowest BCUT2D eigenvalue weighted by atomic mass is 10.1. The highest BCUT2D eigenvalue weighted by Crippen LogP contribution is 2.28. The first kappa shape index (κ1) is 13.5. The first-order chi connectivity index (χ1) is 8.60. The van der Waals surface area contributed by atoms with E-state index in [2.05, 4.69) is 20.9 Å². The Morgan fingerprint density at radius 1 is 1.50 bits per heavy atom. The summed E-state index contributed by atoms with van der Waals surface area (Å²) in [4.78, 5) is 4.30. The van der Waals surface area contributed by atoms with Crippen molar-refractivity contribution in [3.63, 3.8) is 0 Å². The minimum atomic E-state index is -0.577. The molecule has 1 aromatic heterocycles. The van der Waals surface area contributed by atoms with Crippen LogP contribution in [0.25, 0.3) is 0 Å². The van der Waals surface area contributed by atoms with Crippen molar-refractivity contribution in [3.8, 4) is 5.75 Å². The fourth-order valence-electron chi connectivity index (χ4n) is 1.66. The van der Waals surface area contributed by atoms with Crippen molar-refractivity contribution in [2.45, 2.75) is 19.4 Å². The third-order valence-electron chi connectivity index (χ3n) is 2.59. The summed E-state index contributed by atoms with van der Waals surface area (Å²) < 4.78 is 6.15. The molecule has 0 fully saturated rings. The van der Waals surface area contributed by atoms with E-state index in [1.807, 2.05) is 30.5 Å². The minimum absolute atomic E-state index is 0.519. The molecule has 0 amide bonds. The van der Waals surface area contributed by atoms with Crippen LogP contribution in [0.2, 0.25) is 0 Å². The van der Waals surface area contributed by atoms with Gasteiger partial charge in [0, 0.05) is 22.0 Å².